The zero-order valence-corrected chi connectivity index (χ0v) is 10.6. The Bertz CT molecular complexity index is 486. The molecule has 2 rings (SSSR count). The molecule has 0 saturated heterocycles. The molecule has 0 bridgehead atoms. The molecule has 0 aliphatic rings. The second-order valence-electron chi connectivity index (χ2n) is 3.40. The van der Waals surface area contributed by atoms with Gasteiger partial charge in [0.1, 0.15) is 5.82 Å². The highest BCUT2D eigenvalue weighted by molar-refractivity contribution is 7.71. The van der Waals surface area contributed by atoms with E-state index in [1.54, 1.807) is 18.4 Å². The van der Waals surface area contributed by atoms with E-state index in [1.807, 2.05) is 4.57 Å². The Morgan fingerprint density at radius 2 is 2.50 bits per heavy atom. The highest BCUT2D eigenvalue weighted by Gasteiger charge is 2.06. The summed E-state index contributed by atoms with van der Waals surface area (Å²) in [7, 11) is 1.68. The molecule has 0 amide bonds. The molecule has 0 unspecified atom stereocenters. The Hall–Kier alpha value is -0.980. The van der Waals surface area contributed by atoms with E-state index in [0.717, 1.165) is 18.8 Å². The first-order valence-corrected chi connectivity index (χ1v) is 6.30. The molecule has 0 aliphatic carbocycles. The van der Waals surface area contributed by atoms with Crippen molar-refractivity contribution in [3.05, 3.63) is 33.0 Å². The van der Waals surface area contributed by atoms with Crippen LogP contribution in [0.2, 0.25) is 0 Å². The molecule has 0 radical (unpaired) electrons. The number of nitrogens with zero attached hydrogens (tertiary/aromatic N) is 2. The number of thiophene rings is 1. The van der Waals surface area contributed by atoms with Gasteiger partial charge in [-0.15, -0.1) is 0 Å². The summed E-state index contributed by atoms with van der Waals surface area (Å²) in [6, 6.07) is 2.10. The second kappa shape index (κ2) is 5.38. The van der Waals surface area contributed by atoms with Crippen molar-refractivity contribution in [1.82, 2.24) is 14.8 Å². The molecule has 0 atom stereocenters. The molecule has 2 aromatic heterocycles. The Morgan fingerprint density at radius 1 is 1.62 bits per heavy atom. The SMILES string of the molecule is COCCn1c(Cc2ccsc2)n[nH]c1=S. The van der Waals surface area contributed by atoms with E-state index in [0.29, 0.717) is 11.4 Å². The van der Waals surface area contributed by atoms with Crippen LogP contribution < -0.4 is 0 Å². The van der Waals surface area contributed by atoms with Gasteiger partial charge in [0.25, 0.3) is 0 Å². The van der Waals surface area contributed by atoms with E-state index < -0.39 is 0 Å². The largest absolute Gasteiger partial charge is 0.383 e. The normalized spacial score (nSPS) is 10.8. The van der Waals surface area contributed by atoms with Crippen molar-refractivity contribution in [3.63, 3.8) is 0 Å². The van der Waals surface area contributed by atoms with Crippen LogP contribution in [-0.4, -0.2) is 28.5 Å². The van der Waals surface area contributed by atoms with Crippen LogP contribution in [0.4, 0.5) is 0 Å². The van der Waals surface area contributed by atoms with Gasteiger partial charge in [-0.1, -0.05) is 0 Å². The van der Waals surface area contributed by atoms with E-state index in [-0.39, 0.29) is 0 Å². The maximum absolute atomic E-state index is 5.17. The number of H-pyrrole nitrogens is 1. The molecule has 0 aromatic carbocycles. The van der Waals surface area contributed by atoms with E-state index in [2.05, 4.69) is 27.0 Å². The van der Waals surface area contributed by atoms with E-state index in [9.17, 15) is 0 Å². The van der Waals surface area contributed by atoms with Gasteiger partial charge in [0.2, 0.25) is 0 Å². The summed E-state index contributed by atoms with van der Waals surface area (Å²) in [5.74, 6) is 0.959. The van der Waals surface area contributed by atoms with Crippen LogP contribution in [0.5, 0.6) is 0 Å². The Kier molecular flexibility index (Phi) is 3.87. The molecular formula is C10H13N3OS2. The van der Waals surface area contributed by atoms with Crippen molar-refractivity contribution in [1.29, 1.82) is 0 Å². The fourth-order valence-corrected chi connectivity index (χ4v) is 2.39. The predicted octanol–water partition coefficient (Wildman–Crippen LogP) is 2.24. The molecule has 0 aliphatic heterocycles. The van der Waals surface area contributed by atoms with Crippen molar-refractivity contribution in [2.45, 2.75) is 13.0 Å². The molecule has 2 heterocycles. The highest BCUT2D eigenvalue weighted by atomic mass is 32.1. The zero-order valence-electron chi connectivity index (χ0n) is 8.97. The van der Waals surface area contributed by atoms with E-state index >= 15 is 0 Å². The standard InChI is InChI=1S/C10H13N3OS2/c1-14-4-3-13-9(11-12-10(13)15)6-8-2-5-16-7-8/h2,5,7H,3-4,6H2,1H3,(H,12,15). The second-order valence-corrected chi connectivity index (χ2v) is 4.56. The average molecular weight is 255 g/mol. The van der Waals surface area contributed by atoms with Gasteiger partial charge >= 0.3 is 0 Å². The number of methoxy groups -OCH3 is 1. The zero-order chi connectivity index (χ0) is 11.4. The van der Waals surface area contributed by atoms with Crippen LogP contribution in [0.1, 0.15) is 11.4 Å². The van der Waals surface area contributed by atoms with Gasteiger partial charge in [-0.2, -0.15) is 16.4 Å². The molecule has 4 nitrogen and oxygen atoms in total. The minimum absolute atomic E-state index is 0.643. The highest BCUT2D eigenvalue weighted by Crippen LogP contribution is 2.11. The quantitative estimate of drug-likeness (QED) is 0.833. The molecule has 0 fully saturated rings. The number of ether oxygens (including phenoxy) is 1. The molecule has 6 heteroatoms. The molecule has 0 saturated carbocycles. The molecule has 1 N–H and O–H groups in total. The Labute approximate surface area is 103 Å². The molecule has 0 spiro atoms. The van der Waals surface area contributed by atoms with Gasteiger partial charge in [-0.25, -0.2) is 0 Å². The maximum Gasteiger partial charge on any atom is 0.195 e. The maximum atomic E-state index is 5.17. The first-order valence-electron chi connectivity index (χ1n) is 4.95. The summed E-state index contributed by atoms with van der Waals surface area (Å²) in [6.07, 6.45) is 0.806. The van der Waals surface area contributed by atoms with Crippen molar-refractivity contribution in [2.24, 2.45) is 0 Å². The summed E-state index contributed by atoms with van der Waals surface area (Å²) in [5, 5.41) is 11.2. The summed E-state index contributed by atoms with van der Waals surface area (Å²) in [4.78, 5) is 0. The van der Waals surface area contributed by atoms with Crippen LogP contribution >= 0.6 is 23.6 Å². The lowest BCUT2D eigenvalue weighted by Crippen LogP contribution is -2.08. The number of aromatic nitrogens is 3. The van der Waals surface area contributed by atoms with Crippen LogP contribution in [0, 0.1) is 4.77 Å². The van der Waals surface area contributed by atoms with E-state index in [4.69, 9.17) is 17.0 Å². The lowest BCUT2D eigenvalue weighted by molar-refractivity contribution is 0.186. The van der Waals surface area contributed by atoms with Crippen molar-refractivity contribution in [3.8, 4) is 0 Å². The number of nitrogens with one attached hydrogen (secondary N) is 1. The van der Waals surface area contributed by atoms with Crippen LogP contribution in [0.15, 0.2) is 16.8 Å². The fourth-order valence-electron chi connectivity index (χ4n) is 1.47. The number of hydrogen-bond acceptors (Lipinski definition) is 4. The molecule has 16 heavy (non-hydrogen) atoms. The topological polar surface area (TPSA) is 42.8 Å². The van der Waals surface area contributed by atoms with Gasteiger partial charge < -0.3 is 9.30 Å². The summed E-state index contributed by atoms with van der Waals surface area (Å²) < 4.78 is 7.69. The van der Waals surface area contributed by atoms with Crippen molar-refractivity contribution >= 4 is 23.6 Å². The summed E-state index contributed by atoms with van der Waals surface area (Å²) in [6.45, 7) is 1.38. The summed E-state index contributed by atoms with van der Waals surface area (Å²) in [5.41, 5.74) is 1.26. The first kappa shape index (κ1) is 11.5. The average Bonchev–Trinajstić information content (AvgIpc) is 2.88. The summed E-state index contributed by atoms with van der Waals surface area (Å²) >= 11 is 6.87. The van der Waals surface area contributed by atoms with Crippen LogP contribution in [0.3, 0.4) is 0 Å². The van der Waals surface area contributed by atoms with E-state index in [1.165, 1.54) is 5.56 Å². The number of rotatable bonds is 5. The van der Waals surface area contributed by atoms with Gasteiger partial charge in [0.05, 0.1) is 6.61 Å². The van der Waals surface area contributed by atoms with Gasteiger partial charge in [0.15, 0.2) is 4.77 Å². The lowest BCUT2D eigenvalue weighted by Gasteiger charge is -2.04. The van der Waals surface area contributed by atoms with Gasteiger partial charge in [-0.05, 0) is 34.6 Å². The smallest absolute Gasteiger partial charge is 0.195 e. The predicted molar refractivity (Wildman–Crippen MR) is 66.4 cm³/mol. The fraction of sp³-hybridized carbons (Fsp3) is 0.400. The Balaban J connectivity index is 2.17. The lowest BCUT2D eigenvalue weighted by atomic mass is 10.2. The van der Waals surface area contributed by atoms with Crippen molar-refractivity contribution in [2.75, 3.05) is 13.7 Å². The monoisotopic (exact) mass is 255 g/mol. The minimum Gasteiger partial charge on any atom is -0.383 e. The van der Waals surface area contributed by atoms with Crippen LogP contribution in [-0.2, 0) is 17.7 Å². The first-order chi connectivity index (χ1) is 7.81. The Morgan fingerprint density at radius 3 is 3.19 bits per heavy atom. The van der Waals surface area contributed by atoms with Gasteiger partial charge in [-0.3, -0.25) is 5.10 Å². The third kappa shape index (κ3) is 2.58. The minimum atomic E-state index is 0.643. The number of hydrogen-bond donors (Lipinski definition) is 1. The van der Waals surface area contributed by atoms with Crippen molar-refractivity contribution < 1.29 is 4.74 Å². The molecule has 86 valence electrons. The third-order valence-corrected chi connectivity index (χ3v) is 3.34. The molecule has 2 aromatic rings. The van der Waals surface area contributed by atoms with Crippen LogP contribution in [0.25, 0.3) is 0 Å². The van der Waals surface area contributed by atoms with Gasteiger partial charge in [0, 0.05) is 20.1 Å². The number of aromatic amines is 1. The third-order valence-electron chi connectivity index (χ3n) is 2.30. The molecular weight excluding hydrogens is 242 g/mol.